The molecule has 1 heterocycles. The van der Waals surface area contributed by atoms with Gasteiger partial charge in [0.15, 0.2) is 5.79 Å². The summed E-state index contributed by atoms with van der Waals surface area (Å²) in [5.41, 5.74) is 0. The summed E-state index contributed by atoms with van der Waals surface area (Å²) in [5, 5.41) is 0. The minimum atomic E-state index is -4.39. The second-order valence-electron chi connectivity index (χ2n) is 2.60. The summed E-state index contributed by atoms with van der Waals surface area (Å²) < 4.78 is 38.1. The summed E-state index contributed by atoms with van der Waals surface area (Å²) in [6, 6.07) is 0. The van der Waals surface area contributed by atoms with Crippen LogP contribution < -0.4 is 0 Å². The van der Waals surface area contributed by atoms with Gasteiger partial charge in [-0.05, 0) is 13.3 Å². The molecule has 1 aliphatic rings. The van der Waals surface area contributed by atoms with Crippen LogP contribution >= 0.6 is 0 Å². The van der Waals surface area contributed by atoms with Crippen LogP contribution in [0.4, 0.5) is 0 Å². The molecule has 0 spiro atoms. The second-order valence-corrected chi connectivity index (χ2v) is 3.62. The zero-order chi connectivity index (χ0) is 8.54. The van der Waals surface area contributed by atoms with Crippen molar-refractivity contribution >= 4 is 10.4 Å². The maximum atomic E-state index is 10.2. The predicted octanol–water partition coefficient (Wildman–Crippen LogP) is 0.332. The lowest BCUT2D eigenvalue weighted by Crippen LogP contribution is -2.30. The molecule has 1 rings (SSSR count). The molecular weight excluding hydrogens is 172 g/mol. The van der Waals surface area contributed by atoms with Crippen LogP contribution in [0, 0.1) is 0 Å². The van der Waals surface area contributed by atoms with E-state index >= 15 is 0 Å². The molecule has 1 unspecified atom stereocenters. The van der Waals surface area contributed by atoms with Gasteiger partial charge in [-0.1, -0.05) is 0 Å². The van der Waals surface area contributed by atoms with Gasteiger partial charge in [0, 0.05) is 6.42 Å². The van der Waals surface area contributed by atoms with E-state index in [2.05, 4.69) is 4.18 Å². The van der Waals surface area contributed by atoms with Gasteiger partial charge in [-0.3, -0.25) is 4.55 Å². The van der Waals surface area contributed by atoms with Gasteiger partial charge in [0.2, 0.25) is 0 Å². The standard InChI is InChI=1S/C5H10O5S/c1-5(3-2-4-9-5)10-11(6,7)8/h2-4H2,1H3,(H,6,7,8). The Balaban J connectivity index is 2.60. The third-order valence-electron chi connectivity index (χ3n) is 1.46. The molecular formula is C5H10O5S. The fraction of sp³-hybridized carbons (Fsp3) is 1.00. The van der Waals surface area contributed by atoms with Gasteiger partial charge in [0.05, 0.1) is 6.61 Å². The summed E-state index contributed by atoms with van der Waals surface area (Å²) in [5.74, 6) is -1.16. The lowest BCUT2D eigenvalue weighted by atomic mass is 10.2. The molecule has 0 saturated carbocycles. The minimum Gasteiger partial charge on any atom is -0.349 e. The summed E-state index contributed by atoms with van der Waals surface area (Å²) in [6.07, 6.45) is 1.22. The van der Waals surface area contributed by atoms with Crippen LogP contribution in [-0.4, -0.2) is 25.4 Å². The highest BCUT2D eigenvalue weighted by Gasteiger charge is 2.35. The van der Waals surface area contributed by atoms with Crippen molar-refractivity contribution in [3.8, 4) is 0 Å². The van der Waals surface area contributed by atoms with Gasteiger partial charge >= 0.3 is 10.4 Å². The largest absolute Gasteiger partial charge is 0.400 e. The van der Waals surface area contributed by atoms with Crippen LogP contribution in [0.3, 0.4) is 0 Å². The van der Waals surface area contributed by atoms with Gasteiger partial charge < -0.3 is 4.74 Å². The molecule has 1 saturated heterocycles. The first-order valence-corrected chi connectivity index (χ1v) is 4.60. The van der Waals surface area contributed by atoms with E-state index < -0.39 is 16.2 Å². The van der Waals surface area contributed by atoms with E-state index in [0.717, 1.165) is 6.42 Å². The molecule has 0 aromatic rings. The van der Waals surface area contributed by atoms with Gasteiger partial charge in [-0.2, -0.15) is 8.42 Å². The second kappa shape index (κ2) is 2.71. The highest BCUT2D eigenvalue weighted by atomic mass is 32.3. The summed E-state index contributed by atoms with van der Waals surface area (Å²) in [4.78, 5) is 0. The fourth-order valence-electron chi connectivity index (χ4n) is 1.04. The van der Waals surface area contributed by atoms with Crippen LogP contribution in [0.15, 0.2) is 0 Å². The molecule has 1 atom stereocenters. The van der Waals surface area contributed by atoms with Crippen LogP contribution in [0.5, 0.6) is 0 Å². The Hall–Kier alpha value is -0.170. The van der Waals surface area contributed by atoms with Crippen LogP contribution in [0.1, 0.15) is 19.8 Å². The van der Waals surface area contributed by atoms with Gasteiger partial charge in [0.1, 0.15) is 0 Å². The normalized spacial score (nSPS) is 32.5. The van der Waals surface area contributed by atoms with Gasteiger partial charge in [0.25, 0.3) is 0 Å². The zero-order valence-electron chi connectivity index (χ0n) is 6.11. The average Bonchev–Trinajstić information content (AvgIpc) is 2.09. The number of rotatable bonds is 2. The molecule has 66 valence electrons. The summed E-state index contributed by atoms with van der Waals surface area (Å²) in [6.45, 7) is 1.94. The molecule has 0 aliphatic carbocycles. The molecule has 1 N–H and O–H groups in total. The fourth-order valence-corrected chi connectivity index (χ4v) is 1.62. The third kappa shape index (κ3) is 2.74. The first-order chi connectivity index (χ1) is 4.91. The van der Waals surface area contributed by atoms with Crippen molar-refractivity contribution in [1.82, 2.24) is 0 Å². The van der Waals surface area contributed by atoms with Crippen molar-refractivity contribution in [3.05, 3.63) is 0 Å². The quantitative estimate of drug-likeness (QED) is 0.623. The van der Waals surface area contributed by atoms with Gasteiger partial charge in [-0.15, -0.1) is 0 Å². The van der Waals surface area contributed by atoms with Gasteiger partial charge in [-0.25, -0.2) is 4.18 Å². The van der Waals surface area contributed by atoms with Crippen molar-refractivity contribution in [2.75, 3.05) is 6.61 Å². The zero-order valence-corrected chi connectivity index (χ0v) is 6.93. The molecule has 5 nitrogen and oxygen atoms in total. The van der Waals surface area contributed by atoms with E-state index in [1.807, 2.05) is 0 Å². The monoisotopic (exact) mass is 182 g/mol. The third-order valence-corrected chi connectivity index (χ3v) is 2.03. The molecule has 11 heavy (non-hydrogen) atoms. The molecule has 1 fully saturated rings. The van der Waals surface area contributed by atoms with Crippen molar-refractivity contribution < 1.29 is 21.9 Å². The smallest absolute Gasteiger partial charge is 0.349 e. The topological polar surface area (TPSA) is 72.8 Å². The molecule has 0 aromatic carbocycles. The van der Waals surface area contributed by atoms with E-state index in [1.54, 1.807) is 0 Å². The van der Waals surface area contributed by atoms with Crippen LogP contribution in [0.2, 0.25) is 0 Å². The average molecular weight is 182 g/mol. The molecule has 0 bridgehead atoms. The molecule has 1 aliphatic heterocycles. The van der Waals surface area contributed by atoms with E-state index in [0.29, 0.717) is 13.0 Å². The Labute approximate surface area is 65.3 Å². The number of hydrogen-bond donors (Lipinski definition) is 1. The summed E-state index contributed by atoms with van der Waals surface area (Å²) >= 11 is 0. The first-order valence-electron chi connectivity index (χ1n) is 3.23. The molecule has 0 amide bonds. The highest BCUT2D eigenvalue weighted by Crippen LogP contribution is 2.27. The van der Waals surface area contributed by atoms with E-state index in [-0.39, 0.29) is 0 Å². The van der Waals surface area contributed by atoms with E-state index in [9.17, 15) is 8.42 Å². The molecule has 6 heteroatoms. The van der Waals surface area contributed by atoms with Crippen LogP contribution in [0.25, 0.3) is 0 Å². The number of hydrogen-bond acceptors (Lipinski definition) is 4. The van der Waals surface area contributed by atoms with Crippen molar-refractivity contribution in [3.63, 3.8) is 0 Å². The summed E-state index contributed by atoms with van der Waals surface area (Å²) in [7, 11) is -4.39. The van der Waals surface area contributed by atoms with E-state index in [1.165, 1.54) is 6.92 Å². The Morgan fingerprint density at radius 2 is 2.27 bits per heavy atom. The Morgan fingerprint density at radius 3 is 2.64 bits per heavy atom. The Morgan fingerprint density at radius 1 is 1.64 bits per heavy atom. The highest BCUT2D eigenvalue weighted by molar-refractivity contribution is 7.80. The van der Waals surface area contributed by atoms with Crippen molar-refractivity contribution in [1.29, 1.82) is 0 Å². The van der Waals surface area contributed by atoms with Crippen LogP contribution in [-0.2, 0) is 19.3 Å². The molecule has 0 aromatic heterocycles. The first kappa shape index (κ1) is 8.92. The minimum absolute atomic E-state index is 0.464. The van der Waals surface area contributed by atoms with Crippen molar-refractivity contribution in [2.45, 2.75) is 25.6 Å². The lowest BCUT2D eigenvalue weighted by molar-refractivity contribution is -0.134. The predicted molar refractivity (Wildman–Crippen MR) is 36.2 cm³/mol. The Bertz CT molecular complexity index is 225. The number of ether oxygens (including phenoxy) is 1. The molecule has 0 radical (unpaired) electrons. The SMILES string of the molecule is CC1(OS(=O)(=O)O)CCCO1. The maximum Gasteiger partial charge on any atom is 0.400 e. The lowest BCUT2D eigenvalue weighted by Gasteiger charge is -2.19. The Kier molecular flexibility index (Phi) is 2.19. The van der Waals surface area contributed by atoms with Crippen molar-refractivity contribution in [2.24, 2.45) is 0 Å². The van der Waals surface area contributed by atoms with E-state index in [4.69, 9.17) is 9.29 Å². The maximum absolute atomic E-state index is 10.2.